The van der Waals surface area contributed by atoms with Crippen LogP contribution in [0.3, 0.4) is 0 Å². The molecule has 1 aliphatic heterocycles. The van der Waals surface area contributed by atoms with Gasteiger partial charge in [0.25, 0.3) is 0 Å². The number of nitrogens with two attached hydrogens (primary N) is 1. The predicted molar refractivity (Wildman–Crippen MR) is 83.6 cm³/mol. The molecular weight excluding hydrogens is 250 g/mol. The molecule has 1 fully saturated rings. The standard InChI is InChI=1S/C16H27N3O/c1-18-10-7-15(8-11-18)19(2)12-9-16(20)13-3-5-14(17)6-4-13/h3-6,15-16,20H,7-12,17H2,1-2H3. The number of aliphatic hydroxyl groups is 1. The Labute approximate surface area is 122 Å². The molecule has 4 nitrogen and oxygen atoms in total. The first-order valence-electron chi connectivity index (χ1n) is 7.48. The van der Waals surface area contributed by atoms with E-state index < -0.39 is 6.10 Å². The van der Waals surface area contributed by atoms with Crippen molar-refractivity contribution in [3.8, 4) is 0 Å². The highest BCUT2D eigenvalue weighted by atomic mass is 16.3. The van der Waals surface area contributed by atoms with Gasteiger partial charge in [-0.05, 0) is 64.1 Å². The monoisotopic (exact) mass is 277 g/mol. The normalized spacial score (nSPS) is 19.4. The molecule has 20 heavy (non-hydrogen) atoms. The van der Waals surface area contributed by atoms with E-state index in [0.717, 1.165) is 24.2 Å². The van der Waals surface area contributed by atoms with Crippen molar-refractivity contribution in [2.75, 3.05) is 39.5 Å². The van der Waals surface area contributed by atoms with E-state index in [9.17, 15) is 5.11 Å². The first-order valence-corrected chi connectivity index (χ1v) is 7.48. The van der Waals surface area contributed by atoms with Crippen molar-refractivity contribution in [2.24, 2.45) is 0 Å². The number of nitrogens with zero attached hydrogens (tertiary/aromatic N) is 2. The second-order valence-electron chi connectivity index (χ2n) is 5.99. The summed E-state index contributed by atoms with van der Waals surface area (Å²) < 4.78 is 0. The quantitative estimate of drug-likeness (QED) is 0.805. The number of nitrogen functional groups attached to an aromatic ring is 1. The number of likely N-dealkylation sites (tertiary alicyclic amines) is 1. The molecule has 1 saturated heterocycles. The van der Waals surface area contributed by atoms with E-state index in [1.54, 1.807) is 0 Å². The van der Waals surface area contributed by atoms with E-state index in [2.05, 4.69) is 23.9 Å². The predicted octanol–water partition coefficient (Wildman–Crippen LogP) is 1.72. The zero-order valence-electron chi connectivity index (χ0n) is 12.6. The highest BCUT2D eigenvalue weighted by molar-refractivity contribution is 5.39. The number of rotatable bonds is 5. The van der Waals surface area contributed by atoms with Gasteiger partial charge < -0.3 is 20.6 Å². The van der Waals surface area contributed by atoms with Crippen molar-refractivity contribution in [3.05, 3.63) is 29.8 Å². The van der Waals surface area contributed by atoms with E-state index in [-0.39, 0.29) is 0 Å². The molecule has 112 valence electrons. The minimum Gasteiger partial charge on any atom is -0.399 e. The van der Waals surface area contributed by atoms with Crippen molar-refractivity contribution in [3.63, 3.8) is 0 Å². The van der Waals surface area contributed by atoms with Crippen LogP contribution >= 0.6 is 0 Å². The molecule has 0 saturated carbocycles. The van der Waals surface area contributed by atoms with E-state index >= 15 is 0 Å². The smallest absolute Gasteiger partial charge is 0.0802 e. The number of hydrogen-bond donors (Lipinski definition) is 2. The fourth-order valence-corrected chi connectivity index (χ4v) is 2.83. The second kappa shape index (κ2) is 7.07. The Bertz CT molecular complexity index is 399. The van der Waals surface area contributed by atoms with Gasteiger partial charge in [0.15, 0.2) is 0 Å². The fourth-order valence-electron chi connectivity index (χ4n) is 2.83. The molecule has 0 bridgehead atoms. The summed E-state index contributed by atoms with van der Waals surface area (Å²) in [6, 6.07) is 8.17. The molecule has 1 heterocycles. The maximum Gasteiger partial charge on any atom is 0.0802 e. The Balaban J connectivity index is 1.77. The second-order valence-corrected chi connectivity index (χ2v) is 5.99. The zero-order chi connectivity index (χ0) is 14.5. The van der Waals surface area contributed by atoms with Crippen LogP contribution in [0.5, 0.6) is 0 Å². The lowest BCUT2D eigenvalue weighted by Gasteiger charge is -2.35. The summed E-state index contributed by atoms with van der Waals surface area (Å²) in [5.41, 5.74) is 7.36. The van der Waals surface area contributed by atoms with Gasteiger partial charge in [0.1, 0.15) is 0 Å². The third kappa shape index (κ3) is 4.20. The first kappa shape index (κ1) is 15.3. The van der Waals surface area contributed by atoms with Crippen molar-refractivity contribution < 1.29 is 5.11 Å². The van der Waals surface area contributed by atoms with Crippen LogP contribution in [0.25, 0.3) is 0 Å². The van der Waals surface area contributed by atoms with Crippen molar-refractivity contribution >= 4 is 5.69 Å². The van der Waals surface area contributed by atoms with Gasteiger partial charge in [-0.3, -0.25) is 0 Å². The summed E-state index contributed by atoms with van der Waals surface area (Å²) >= 11 is 0. The maximum absolute atomic E-state index is 10.2. The van der Waals surface area contributed by atoms with Gasteiger partial charge in [0.05, 0.1) is 6.10 Å². The molecule has 1 atom stereocenters. The molecule has 1 aromatic carbocycles. The zero-order valence-corrected chi connectivity index (χ0v) is 12.6. The summed E-state index contributed by atoms with van der Waals surface area (Å²) in [4.78, 5) is 4.78. The number of benzene rings is 1. The van der Waals surface area contributed by atoms with E-state index in [1.165, 1.54) is 25.9 Å². The summed E-state index contributed by atoms with van der Waals surface area (Å²) in [6.45, 7) is 3.28. The fraction of sp³-hybridized carbons (Fsp3) is 0.625. The first-order chi connectivity index (χ1) is 9.56. The molecule has 4 heteroatoms. The van der Waals surface area contributed by atoms with Gasteiger partial charge in [-0.1, -0.05) is 12.1 Å². The number of anilines is 1. The van der Waals surface area contributed by atoms with Crippen LogP contribution in [0.2, 0.25) is 0 Å². The minimum atomic E-state index is -0.399. The number of aliphatic hydroxyl groups excluding tert-OH is 1. The lowest BCUT2D eigenvalue weighted by atomic mass is 10.0. The van der Waals surface area contributed by atoms with Gasteiger partial charge in [-0.2, -0.15) is 0 Å². The van der Waals surface area contributed by atoms with Crippen LogP contribution in [0.4, 0.5) is 5.69 Å². The number of hydrogen-bond acceptors (Lipinski definition) is 4. The summed E-state index contributed by atoms with van der Waals surface area (Å²) in [7, 11) is 4.35. The van der Waals surface area contributed by atoms with Crippen LogP contribution in [0.1, 0.15) is 30.9 Å². The summed E-state index contributed by atoms with van der Waals surface area (Å²) in [6.07, 6.45) is 2.83. The Kier molecular flexibility index (Phi) is 5.40. The third-order valence-corrected chi connectivity index (χ3v) is 4.39. The Hall–Kier alpha value is -1.10. The maximum atomic E-state index is 10.2. The molecule has 1 aromatic rings. The molecule has 0 aromatic heterocycles. The Morgan fingerprint density at radius 3 is 2.50 bits per heavy atom. The third-order valence-electron chi connectivity index (χ3n) is 4.39. The van der Waals surface area contributed by atoms with Crippen LogP contribution in [0.15, 0.2) is 24.3 Å². The SMILES string of the molecule is CN1CCC(N(C)CCC(O)c2ccc(N)cc2)CC1. The van der Waals surface area contributed by atoms with Crippen LogP contribution in [-0.4, -0.2) is 54.7 Å². The van der Waals surface area contributed by atoms with Crippen LogP contribution in [0, 0.1) is 0 Å². The lowest BCUT2D eigenvalue weighted by molar-refractivity contribution is 0.110. The Morgan fingerprint density at radius 2 is 1.90 bits per heavy atom. The van der Waals surface area contributed by atoms with Crippen LogP contribution < -0.4 is 5.73 Å². The molecule has 3 N–H and O–H groups in total. The minimum absolute atomic E-state index is 0.399. The van der Waals surface area contributed by atoms with Crippen molar-refractivity contribution in [2.45, 2.75) is 31.4 Å². The molecule has 0 aliphatic carbocycles. The summed E-state index contributed by atoms with van der Waals surface area (Å²) in [5.74, 6) is 0. The van der Waals surface area contributed by atoms with Gasteiger partial charge >= 0.3 is 0 Å². The Morgan fingerprint density at radius 1 is 1.30 bits per heavy atom. The summed E-state index contributed by atoms with van der Waals surface area (Å²) in [5, 5.41) is 10.2. The average Bonchev–Trinajstić information content (AvgIpc) is 2.46. The van der Waals surface area contributed by atoms with Crippen molar-refractivity contribution in [1.29, 1.82) is 0 Å². The number of piperidine rings is 1. The molecule has 0 amide bonds. The van der Waals surface area contributed by atoms with Crippen molar-refractivity contribution in [1.82, 2.24) is 9.80 Å². The molecule has 1 aliphatic rings. The highest BCUT2D eigenvalue weighted by Crippen LogP contribution is 2.20. The average molecular weight is 277 g/mol. The van der Waals surface area contributed by atoms with E-state index in [4.69, 9.17) is 5.73 Å². The molecule has 0 radical (unpaired) electrons. The van der Waals surface area contributed by atoms with Gasteiger partial charge in [0, 0.05) is 18.3 Å². The topological polar surface area (TPSA) is 52.7 Å². The largest absolute Gasteiger partial charge is 0.399 e. The van der Waals surface area contributed by atoms with E-state index in [1.807, 2.05) is 24.3 Å². The van der Waals surface area contributed by atoms with Gasteiger partial charge in [-0.25, -0.2) is 0 Å². The molecule has 0 spiro atoms. The molecular formula is C16H27N3O. The molecule has 2 rings (SSSR count). The lowest BCUT2D eigenvalue weighted by Crippen LogP contribution is -2.42. The van der Waals surface area contributed by atoms with Crippen LogP contribution in [-0.2, 0) is 0 Å². The van der Waals surface area contributed by atoms with Gasteiger partial charge in [-0.15, -0.1) is 0 Å². The van der Waals surface area contributed by atoms with E-state index in [0.29, 0.717) is 6.04 Å². The molecule has 1 unspecified atom stereocenters. The van der Waals surface area contributed by atoms with Gasteiger partial charge in [0.2, 0.25) is 0 Å². The highest BCUT2D eigenvalue weighted by Gasteiger charge is 2.21.